The molecular weight excluding hydrogens is 272 g/mol. The van der Waals surface area contributed by atoms with Crippen LogP contribution in [0.2, 0.25) is 0 Å². The van der Waals surface area contributed by atoms with Crippen molar-refractivity contribution < 1.29 is 8.78 Å². The topological polar surface area (TPSA) is 22.0 Å². The van der Waals surface area contributed by atoms with E-state index in [-0.39, 0.29) is 11.1 Å². The van der Waals surface area contributed by atoms with Crippen LogP contribution in [0.4, 0.5) is 8.78 Å². The average molecular weight is 283 g/mol. The van der Waals surface area contributed by atoms with E-state index in [4.69, 9.17) is 0 Å². The smallest absolute Gasteiger partial charge is 0.255 e. The molecule has 2 nitrogen and oxygen atoms in total. The Morgan fingerprint density at radius 2 is 1.62 bits per heavy atom. The number of hydrogen-bond donors (Lipinski definition) is 0. The molecule has 0 aliphatic heterocycles. The fourth-order valence-electron chi connectivity index (χ4n) is 2.16. The first-order valence-electron chi connectivity index (χ1n) is 6.39. The van der Waals surface area contributed by atoms with Gasteiger partial charge in [0.05, 0.1) is 0 Å². The van der Waals surface area contributed by atoms with Gasteiger partial charge in [-0.3, -0.25) is 9.36 Å². The van der Waals surface area contributed by atoms with Gasteiger partial charge in [-0.1, -0.05) is 18.2 Å². The van der Waals surface area contributed by atoms with Crippen LogP contribution in [0, 0.1) is 11.6 Å². The van der Waals surface area contributed by atoms with Gasteiger partial charge in [-0.15, -0.1) is 0 Å². The maximum absolute atomic E-state index is 13.8. The number of pyridine rings is 1. The van der Waals surface area contributed by atoms with Crippen molar-refractivity contribution in [3.8, 4) is 16.8 Å². The molecule has 3 rings (SSSR count). The second-order valence-electron chi connectivity index (χ2n) is 4.59. The monoisotopic (exact) mass is 283 g/mol. The van der Waals surface area contributed by atoms with Crippen LogP contribution >= 0.6 is 0 Å². The molecule has 0 amide bonds. The van der Waals surface area contributed by atoms with Crippen LogP contribution in [-0.4, -0.2) is 4.57 Å². The first-order valence-corrected chi connectivity index (χ1v) is 6.39. The number of para-hydroxylation sites is 1. The minimum absolute atomic E-state index is 0.215. The van der Waals surface area contributed by atoms with Crippen LogP contribution in [0.15, 0.2) is 71.7 Å². The van der Waals surface area contributed by atoms with Crippen molar-refractivity contribution in [2.24, 2.45) is 0 Å². The summed E-state index contributed by atoms with van der Waals surface area (Å²) in [7, 11) is 0. The minimum atomic E-state index is -0.659. The Balaban J connectivity index is 2.16. The molecule has 3 aromatic rings. The Hall–Kier alpha value is -2.75. The second-order valence-corrected chi connectivity index (χ2v) is 4.59. The van der Waals surface area contributed by atoms with Crippen LogP contribution in [-0.2, 0) is 0 Å². The van der Waals surface area contributed by atoms with E-state index in [9.17, 15) is 13.6 Å². The molecular formula is C17H11F2NO. The number of aromatic nitrogens is 1. The molecule has 0 fully saturated rings. The highest BCUT2D eigenvalue weighted by Crippen LogP contribution is 2.23. The van der Waals surface area contributed by atoms with Crippen LogP contribution in [0.25, 0.3) is 16.8 Å². The van der Waals surface area contributed by atoms with Crippen LogP contribution in [0.3, 0.4) is 0 Å². The molecule has 104 valence electrons. The molecule has 0 saturated carbocycles. The molecule has 0 radical (unpaired) electrons. The highest BCUT2D eigenvalue weighted by atomic mass is 19.1. The van der Waals surface area contributed by atoms with E-state index in [0.29, 0.717) is 11.3 Å². The number of nitrogens with zero attached hydrogens (tertiary/aromatic N) is 1. The Morgan fingerprint density at radius 3 is 2.33 bits per heavy atom. The fraction of sp³-hybridized carbons (Fsp3) is 0. The molecule has 0 aliphatic carbocycles. The van der Waals surface area contributed by atoms with Gasteiger partial charge < -0.3 is 0 Å². The molecule has 1 aromatic heterocycles. The van der Waals surface area contributed by atoms with E-state index in [0.717, 1.165) is 6.07 Å². The maximum atomic E-state index is 13.8. The highest BCUT2D eigenvalue weighted by Gasteiger charge is 2.08. The molecule has 1 heterocycles. The summed E-state index contributed by atoms with van der Waals surface area (Å²) in [5.74, 6) is -1.29. The summed E-state index contributed by atoms with van der Waals surface area (Å²) in [6.45, 7) is 0. The summed E-state index contributed by atoms with van der Waals surface area (Å²) in [5.41, 5.74) is 1.23. The molecule has 0 unspecified atom stereocenters. The van der Waals surface area contributed by atoms with Gasteiger partial charge in [0.2, 0.25) is 0 Å². The van der Waals surface area contributed by atoms with Crippen LogP contribution in [0.5, 0.6) is 0 Å². The van der Waals surface area contributed by atoms with Crippen molar-refractivity contribution >= 4 is 0 Å². The van der Waals surface area contributed by atoms with Crippen molar-refractivity contribution in [2.75, 3.05) is 0 Å². The third kappa shape index (κ3) is 2.60. The zero-order valence-electron chi connectivity index (χ0n) is 11.0. The number of halogens is 2. The second kappa shape index (κ2) is 5.32. The SMILES string of the molecule is O=c1ccc(-c2ccc(F)cc2F)cn1-c1ccccc1. The Morgan fingerprint density at radius 1 is 0.857 bits per heavy atom. The normalized spacial score (nSPS) is 10.6. The first kappa shape index (κ1) is 13.2. The predicted molar refractivity (Wildman–Crippen MR) is 77.4 cm³/mol. The van der Waals surface area contributed by atoms with E-state index >= 15 is 0 Å². The van der Waals surface area contributed by atoms with Gasteiger partial charge in [-0.05, 0) is 30.3 Å². The molecule has 21 heavy (non-hydrogen) atoms. The zero-order chi connectivity index (χ0) is 14.8. The largest absolute Gasteiger partial charge is 0.284 e. The molecule has 0 spiro atoms. The Bertz CT molecular complexity index is 841. The van der Waals surface area contributed by atoms with Crippen molar-refractivity contribution in [3.05, 3.63) is 88.8 Å². The van der Waals surface area contributed by atoms with Crippen molar-refractivity contribution in [2.45, 2.75) is 0 Å². The Labute approximate surface area is 119 Å². The van der Waals surface area contributed by atoms with E-state index in [1.54, 1.807) is 18.3 Å². The van der Waals surface area contributed by atoms with Crippen LogP contribution < -0.4 is 5.56 Å². The molecule has 0 N–H and O–H groups in total. The maximum Gasteiger partial charge on any atom is 0.255 e. The molecule has 0 atom stereocenters. The van der Waals surface area contributed by atoms with Crippen LogP contribution in [0.1, 0.15) is 0 Å². The molecule has 0 bridgehead atoms. The molecule has 2 aromatic carbocycles. The summed E-state index contributed by atoms with van der Waals surface area (Å²) in [6, 6.07) is 15.3. The van der Waals surface area contributed by atoms with E-state index in [1.807, 2.05) is 18.2 Å². The molecule has 4 heteroatoms. The number of benzene rings is 2. The van der Waals surface area contributed by atoms with E-state index < -0.39 is 11.6 Å². The third-order valence-corrected chi connectivity index (χ3v) is 3.19. The van der Waals surface area contributed by atoms with Crippen molar-refractivity contribution in [1.82, 2.24) is 4.57 Å². The van der Waals surface area contributed by atoms with Gasteiger partial charge in [0.1, 0.15) is 11.6 Å². The van der Waals surface area contributed by atoms with Gasteiger partial charge in [0.15, 0.2) is 0 Å². The van der Waals surface area contributed by atoms with Gasteiger partial charge >= 0.3 is 0 Å². The lowest BCUT2D eigenvalue weighted by Crippen LogP contribution is -2.16. The van der Waals surface area contributed by atoms with Gasteiger partial charge in [-0.2, -0.15) is 0 Å². The summed E-state index contributed by atoms with van der Waals surface area (Å²) in [5, 5.41) is 0. The molecule has 0 saturated heterocycles. The average Bonchev–Trinajstić information content (AvgIpc) is 2.49. The van der Waals surface area contributed by atoms with Crippen molar-refractivity contribution in [1.29, 1.82) is 0 Å². The fourth-order valence-corrected chi connectivity index (χ4v) is 2.16. The lowest BCUT2D eigenvalue weighted by molar-refractivity contribution is 0.585. The summed E-state index contributed by atoms with van der Waals surface area (Å²) in [4.78, 5) is 12.0. The predicted octanol–water partition coefficient (Wildman–Crippen LogP) is 3.78. The van der Waals surface area contributed by atoms with Gasteiger partial charge in [-0.25, -0.2) is 8.78 Å². The quantitative estimate of drug-likeness (QED) is 0.701. The minimum Gasteiger partial charge on any atom is -0.284 e. The number of hydrogen-bond acceptors (Lipinski definition) is 1. The summed E-state index contributed by atoms with van der Waals surface area (Å²) >= 11 is 0. The lowest BCUT2D eigenvalue weighted by Gasteiger charge is -2.09. The standard InChI is InChI=1S/C17H11F2NO/c18-13-7-8-15(16(19)10-13)12-6-9-17(21)20(11-12)14-4-2-1-3-5-14/h1-11H. The Kier molecular flexibility index (Phi) is 3.36. The van der Waals surface area contributed by atoms with E-state index in [2.05, 4.69) is 0 Å². The van der Waals surface area contributed by atoms with Gasteiger partial charge in [0.25, 0.3) is 5.56 Å². The summed E-state index contributed by atoms with van der Waals surface area (Å²) < 4.78 is 28.2. The first-order chi connectivity index (χ1) is 10.1. The lowest BCUT2D eigenvalue weighted by atomic mass is 10.1. The van der Waals surface area contributed by atoms with E-state index in [1.165, 1.54) is 28.8 Å². The van der Waals surface area contributed by atoms with Crippen molar-refractivity contribution in [3.63, 3.8) is 0 Å². The highest BCUT2D eigenvalue weighted by molar-refractivity contribution is 5.63. The number of rotatable bonds is 2. The third-order valence-electron chi connectivity index (χ3n) is 3.19. The summed E-state index contributed by atoms with van der Waals surface area (Å²) in [6.07, 6.45) is 1.55. The molecule has 0 aliphatic rings. The zero-order valence-corrected chi connectivity index (χ0v) is 11.0. The van der Waals surface area contributed by atoms with Gasteiger partial charge in [0, 0.05) is 35.1 Å².